The summed E-state index contributed by atoms with van der Waals surface area (Å²) in [5.41, 5.74) is 2.69. The number of nitrogens with zero attached hydrogens (tertiary/aromatic N) is 4. The van der Waals surface area contributed by atoms with Crippen LogP contribution in [0.3, 0.4) is 0 Å². The molecule has 1 aromatic carbocycles. The van der Waals surface area contributed by atoms with Crippen LogP contribution in [0.2, 0.25) is 0 Å². The highest BCUT2D eigenvalue weighted by Crippen LogP contribution is 2.36. The average Bonchev–Trinajstić information content (AvgIpc) is 3.12. The summed E-state index contributed by atoms with van der Waals surface area (Å²) in [6, 6.07) is 3.77. The highest BCUT2D eigenvalue weighted by Gasteiger charge is 2.34. The molecular formula is C20H24N4O6. The molecule has 2 aromatic rings. The summed E-state index contributed by atoms with van der Waals surface area (Å²) in [5, 5.41) is 8.20. The molecule has 0 N–H and O–H groups in total. The fraction of sp³-hybridized carbons (Fsp3) is 0.500. The lowest BCUT2D eigenvalue weighted by Gasteiger charge is -2.31. The highest BCUT2D eigenvalue weighted by molar-refractivity contribution is 6.06. The Morgan fingerprint density at radius 2 is 1.57 bits per heavy atom. The second-order valence-electron chi connectivity index (χ2n) is 7.18. The minimum atomic E-state index is -0.667. The molecule has 0 amide bonds. The summed E-state index contributed by atoms with van der Waals surface area (Å²) in [5.74, 6) is -1.32. The van der Waals surface area contributed by atoms with Crippen molar-refractivity contribution in [3.8, 4) is 0 Å². The first kappa shape index (κ1) is 20.1. The van der Waals surface area contributed by atoms with Gasteiger partial charge in [0.2, 0.25) is 0 Å². The van der Waals surface area contributed by atoms with Crippen molar-refractivity contribution < 1.29 is 28.4 Å². The van der Waals surface area contributed by atoms with E-state index in [9.17, 15) is 9.59 Å². The second-order valence-corrected chi connectivity index (χ2v) is 7.18. The predicted octanol–water partition coefficient (Wildman–Crippen LogP) is 2.00. The van der Waals surface area contributed by atoms with Crippen molar-refractivity contribution in [2.45, 2.75) is 25.7 Å². The smallest absolute Gasteiger partial charge is 0.355 e. The molecular weight excluding hydrogens is 392 g/mol. The Balaban J connectivity index is 1.80. The molecule has 0 atom stereocenters. The van der Waals surface area contributed by atoms with Gasteiger partial charge in [0.1, 0.15) is 12.4 Å². The fourth-order valence-corrected chi connectivity index (χ4v) is 3.96. The largest absolute Gasteiger partial charge is 0.466 e. The first-order valence-electron chi connectivity index (χ1n) is 9.91. The molecule has 160 valence electrons. The summed E-state index contributed by atoms with van der Waals surface area (Å²) in [7, 11) is 2.51. The number of hydrogen-bond donors (Lipinski definition) is 0. The molecule has 30 heavy (non-hydrogen) atoms. The third-order valence-corrected chi connectivity index (χ3v) is 5.44. The molecule has 2 aliphatic heterocycles. The Morgan fingerprint density at radius 3 is 2.23 bits per heavy atom. The van der Waals surface area contributed by atoms with Crippen molar-refractivity contribution in [2.75, 3.05) is 50.4 Å². The maximum atomic E-state index is 12.6. The Morgan fingerprint density at radius 1 is 0.933 bits per heavy atom. The Kier molecular flexibility index (Phi) is 5.84. The Bertz CT molecular complexity index is 977. The fourth-order valence-electron chi connectivity index (χ4n) is 3.96. The van der Waals surface area contributed by atoms with E-state index in [2.05, 4.69) is 15.2 Å². The topological polar surface area (TPSA) is 107 Å². The third-order valence-electron chi connectivity index (χ3n) is 5.44. The number of fused-ring (bicyclic) bond motifs is 1. The van der Waals surface area contributed by atoms with Crippen LogP contribution in [0, 0.1) is 0 Å². The van der Waals surface area contributed by atoms with Gasteiger partial charge in [0.25, 0.3) is 0 Å². The maximum absolute atomic E-state index is 12.6. The molecule has 10 nitrogen and oxygen atoms in total. The van der Waals surface area contributed by atoms with Crippen LogP contribution in [0.1, 0.15) is 25.7 Å². The van der Waals surface area contributed by atoms with Crippen LogP contribution in [0.25, 0.3) is 11.0 Å². The lowest BCUT2D eigenvalue weighted by molar-refractivity contribution is -0.140. The molecule has 0 radical (unpaired) electrons. The van der Waals surface area contributed by atoms with E-state index in [0.717, 1.165) is 31.6 Å². The highest BCUT2D eigenvalue weighted by atomic mass is 16.6. The number of rotatable bonds is 4. The van der Waals surface area contributed by atoms with E-state index in [4.69, 9.17) is 18.8 Å². The molecule has 10 heteroatoms. The van der Waals surface area contributed by atoms with Crippen LogP contribution < -0.4 is 9.80 Å². The summed E-state index contributed by atoms with van der Waals surface area (Å²) in [6.45, 7) is 1.86. The van der Waals surface area contributed by atoms with Crippen molar-refractivity contribution in [1.29, 1.82) is 0 Å². The van der Waals surface area contributed by atoms with Gasteiger partial charge in [0.05, 0.1) is 37.8 Å². The van der Waals surface area contributed by atoms with Gasteiger partial charge in [-0.2, -0.15) is 0 Å². The van der Waals surface area contributed by atoms with E-state index in [1.165, 1.54) is 27.1 Å². The van der Waals surface area contributed by atoms with Gasteiger partial charge in [-0.1, -0.05) is 12.8 Å². The minimum absolute atomic E-state index is 0.0376. The van der Waals surface area contributed by atoms with Crippen LogP contribution in [0.5, 0.6) is 0 Å². The average molecular weight is 416 g/mol. The maximum Gasteiger partial charge on any atom is 0.355 e. The van der Waals surface area contributed by atoms with Gasteiger partial charge in [-0.3, -0.25) is 0 Å². The van der Waals surface area contributed by atoms with Crippen LogP contribution in [0.15, 0.2) is 28.0 Å². The first-order chi connectivity index (χ1) is 14.7. The van der Waals surface area contributed by atoms with E-state index in [0.29, 0.717) is 16.7 Å². The molecule has 0 spiro atoms. The summed E-state index contributed by atoms with van der Waals surface area (Å²) < 4.78 is 20.4. The number of carbonyl (C=O) groups is 2. The zero-order chi connectivity index (χ0) is 21.1. The minimum Gasteiger partial charge on any atom is -0.466 e. The predicted molar refractivity (Wildman–Crippen MR) is 107 cm³/mol. The Labute approximate surface area is 173 Å². The van der Waals surface area contributed by atoms with E-state index in [-0.39, 0.29) is 24.6 Å². The molecule has 1 saturated heterocycles. The normalized spacial score (nSPS) is 17.8. The van der Waals surface area contributed by atoms with Crippen molar-refractivity contribution in [1.82, 2.24) is 10.3 Å². The molecule has 1 fully saturated rings. The number of esters is 2. The van der Waals surface area contributed by atoms with Gasteiger partial charge in [-0.05, 0) is 35.3 Å². The molecule has 0 aliphatic carbocycles. The molecule has 0 bridgehead atoms. The molecule has 0 saturated carbocycles. The van der Waals surface area contributed by atoms with E-state index in [1.807, 2.05) is 12.1 Å². The van der Waals surface area contributed by atoms with Crippen LogP contribution in [-0.2, 0) is 23.8 Å². The van der Waals surface area contributed by atoms with Crippen LogP contribution in [0.4, 0.5) is 11.4 Å². The van der Waals surface area contributed by atoms with Gasteiger partial charge in [-0.15, -0.1) is 0 Å². The van der Waals surface area contributed by atoms with Gasteiger partial charge in [-0.25, -0.2) is 14.2 Å². The quantitative estimate of drug-likeness (QED) is 0.687. The number of methoxy groups -OCH3 is 2. The summed E-state index contributed by atoms with van der Waals surface area (Å²) in [4.78, 5) is 28.6. The number of hydrogen-bond acceptors (Lipinski definition) is 10. The monoisotopic (exact) mass is 416 g/mol. The van der Waals surface area contributed by atoms with E-state index >= 15 is 0 Å². The Hall–Kier alpha value is -3.14. The number of anilines is 2. The first-order valence-corrected chi connectivity index (χ1v) is 9.91. The van der Waals surface area contributed by atoms with Crippen LogP contribution in [-0.4, -0.2) is 62.9 Å². The number of carbonyl (C=O) groups excluding carboxylic acids is 2. The summed E-state index contributed by atoms with van der Waals surface area (Å²) in [6.07, 6.45) is 4.66. The molecule has 1 aromatic heterocycles. The van der Waals surface area contributed by atoms with Gasteiger partial charge < -0.3 is 24.0 Å². The van der Waals surface area contributed by atoms with Crippen molar-refractivity contribution in [3.63, 3.8) is 0 Å². The number of ether oxygens (including phenoxy) is 3. The lowest BCUT2D eigenvalue weighted by Crippen LogP contribution is -2.39. The van der Waals surface area contributed by atoms with Crippen molar-refractivity contribution in [3.05, 3.63) is 23.4 Å². The zero-order valence-corrected chi connectivity index (χ0v) is 17.0. The second kappa shape index (κ2) is 8.70. The SMILES string of the molecule is COC(=O)C1=C(C(=O)OC)N(c2ccc(N3CCCCCC3)c3nonc23)COC1. The zero-order valence-electron chi connectivity index (χ0n) is 17.0. The molecule has 4 rings (SSSR count). The molecule has 2 aliphatic rings. The number of benzene rings is 1. The summed E-state index contributed by atoms with van der Waals surface area (Å²) >= 11 is 0. The molecule has 0 unspecified atom stereocenters. The standard InChI is InChI=1S/C20H24N4O6/c1-27-19(25)13-11-29-12-24(18(13)20(26)28-2)15-8-7-14(16-17(15)22-30-21-16)23-9-5-3-4-6-10-23/h7-8H,3-6,9-12H2,1-2H3. The van der Waals surface area contributed by atoms with Gasteiger partial charge in [0, 0.05) is 13.1 Å². The van der Waals surface area contributed by atoms with Crippen LogP contribution >= 0.6 is 0 Å². The van der Waals surface area contributed by atoms with Crippen molar-refractivity contribution >= 4 is 34.3 Å². The lowest BCUT2D eigenvalue weighted by atomic mass is 10.1. The number of aromatic nitrogens is 2. The molecule has 3 heterocycles. The van der Waals surface area contributed by atoms with Gasteiger partial charge >= 0.3 is 11.9 Å². The van der Waals surface area contributed by atoms with E-state index in [1.54, 1.807) is 4.90 Å². The van der Waals surface area contributed by atoms with Gasteiger partial charge in [0.15, 0.2) is 11.0 Å². The van der Waals surface area contributed by atoms with Crippen molar-refractivity contribution in [2.24, 2.45) is 0 Å². The third kappa shape index (κ3) is 3.58. The van der Waals surface area contributed by atoms with E-state index < -0.39 is 11.9 Å².